The van der Waals surface area contributed by atoms with E-state index in [9.17, 15) is 0 Å². The van der Waals surface area contributed by atoms with Crippen molar-refractivity contribution in [3.8, 4) is 11.8 Å². The second-order valence-corrected chi connectivity index (χ2v) is 2.82. The monoisotopic (exact) mass is 177 g/mol. The SMILES string of the molecule is CC#CCCn1cc(N)c(CC)n1. The molecule has 0 aliphatic carbocycles. The lowest BCUT2D eigenvalue weighted by Gasteiger charge is -1.94. The summed E-state index contributed by atoms with van der Waals surface area (Å²) in [5.41, 5.74) is 7.50. The summed E-state index contributed by atoms with van der Waals surface area (Å²) in [6, 6.07) is 0. The molecule has 0 unspecified atom stereocenters. The summed E-state index contributed by atoms with van der Waals surface area (Å²) >= 11 is 0. The average molecular weight is 177 g/mol. The summed E-state index contributed by atoms with van der Waals surface area (Å²) < 4.78 is 1.86. The van der Waals surface area contributed by atoms with E-state index in [1.165, 1.54) is 0 Å². The maximum Gasteiger partial charge on any atom is 0.0851 e. The molecule has 1 rings (SSSR count). The quantitative estimate of drug-likeness (QED) is 0.710. The van der Waals surface area contributed by atoms with E-state index in [0.29, 0.717) is 0 Å². The highest BCUT2D eigenvalue weighted by molar-refractivity contribution is 5.40. The first kappa shape index (κ1) is 9.66. The zero-order chi connectivity index (χ0) is 9.68. The number of rotatable bonds is 3. The summed E-state index contributed by atoms with van der Waals surface area (Å²) in [6.45, 7) is 4.72. The van der Waals surface area contributed by atoms with Crippen LogP contribution in [0.15, 0.2) is 6.20 Å². The van der Waals surface area contributed by atoms with Gasteiger partial charge in [0.2, 0.25) is 0 Å². The van der Waals surface area contributed by atoms with E-state index < -0.39 is 0 Å². The van der Waals surface area contributed by atoms with Gasteiger partial charge in [0.15, 0.2) is 0 Å². The summed E-state index contributed by atoms with van der Waals surface area (Å²) in [4.78, 5) is 0. The minimum atomic E-state index is 0.784. The van der Waals surface area contributed by atoms with Crippen LogP contribution in [0.5, 0.6) is 0 Å². The third-order valence-corrected chi connectivity index (χ3v) is 1.85. The fraction of sp³-hybridized carbons (Fsp3) is 0.500. The van der Waals surface area contributed by atoms with Gasteiger partial charge in [-0.1, -0.05) is 6.92 Å². The predicted molar refractivity (Wildman–Crippen MR) is 54.1 cm³/mol. The van der Waals surface area contributed by atoms with Gasteiger partial charge < -0.3 is 5.73 Å². The fourth-order valence-corrected chi connectivity index (χ4v) is 1.16. The van der Waals surface area contributed by atoms with Crippen molar-refractivity contribution in [3.63, 3.8) is 0 Å². The van der Waals surface area contributed by atoms with Gasteiger partial charge in [-0.2, -0.15) is 5.10 Å². The third kappa shape index (κ3) is 2.51. The molecule has 0 aliphatic heterocycles. The first-order valence-electron chi connectivity index (χ1n) is 4.49. The van der Waals surface area contributed by atoms with Gasteiger partial charge in [-0.3, -0.25) is 4.68 Å². The van der Waals surface area contributed by atoms with Crippen LogP contribution in [0.4, 0.5) is 5.69 Å². The molecule has 0 aromatic carbocycles. The Labute approximate surface area is 78.9 Å². The number of aromatic nitrogens is 2. The number of hydrogen-bond donors (Lipinski definition) is 1. The molecule has 1 aromatic rings. The molecule has 70 valence electrons. The molecule has 1 aromatic heterocycles. The zero-order valence-electron chi connectivity index (χ0n) is 8.17. The Morgan fingerprint density at radius 2 is 2.38 bits per heavy atom. The van der Waals surface area contributed by atoms with E-state index in [2.05, 4.69) is 23.9 Å². The Morgan fingerprint density at radius 3 is 2.92 bits per heavy atom. The van der Waals surface area contributed by atoms with Gasteiger partial charge >= 0.3 is 0 Å². The molecule has 0 fully saturated rings. The van der Waals surface area contributed by atoms with Crippen LogP contribution in [-0.2, 0) is 13.0 Å². The van der Waals surface area contributed by atoms with E-state index in [-0.39, 0.29) is 0 Å². The maximum absolute atomic E-state index is 5.74. The van der Waals surface area contributed by atoms with Gasteiger partial charge in [0.1, 0.15) is 0 Å². The van der Waals surface area contributed by atoms with Crippen LogP contribution < -0.4 is 5.73 Å². The lowest BCUT2D eigenvalue weighted by Crippen LogP contribution is -1.98. The average Bonchev–Trinajstić information content (AvgIpc) is 2.47. The highest BCUT2D eigenvalue weighted by atomic mass is 15.3. The van der Waals surface area contributed by atoms with Crippen LogP contribution >= 0.6 is 0 Å². The Morgan fingerprint density at radius 1 is 1.62 bits per heavy atom. The lowest BCUT2D eigenvalue weighted by atomic mass is 10.3. The highest BCUT2D eigenvalue weighted by Crippen LogP contribution is 2.09. The molecule has 0 saturated carbocycles. The van der Waals surface area contributed by atoms with E-state index in [0.717, 1.165) is 30.8 Å². The van der Waals surface area contributed by atoms with Crippen LogP contribution in [0, 0.1) is 11.8 Å². The summed E-state index contributed by atoms with van der Waals surface area (Å²) in [6.07, 6.45) is 3.59. The van der Waals surface area contributed by atoms with Crippen LogP contribution in [0.2, 0.25) is 0 Å². The molecule has 0 spiro atoms. The van der Waals surface area contributed by atoms with Gasteiger partial charge in [-0.15, -0.1) is 11.8 Å². The van der Waals surface area contributed by atoms with Gasteiger partial charge in [0.05, 0.1) is 17.9 Å². The summed E-state index contributed by atoms with van der Waals surface area (Å²) in [5.74, 6) is 5.84. The van der Waals surface area contributed by atoms with Crippen molar-refractivity contribution >= 4 is 5.69 Å². The minimum Gasteiger partial charge on any atom is -0.396 e. The highest BCUT2D eigenvalue weighted by Gasteiger charge is 2.01. The Bertz CT molecular complexity index is 328. The smallest absolute Gasteiger partial charge is 0.0851 e. The second kappa shape index (κ2) is 4.56. The lowest BCUT2D eigenvalue weighted by molar-refractivity contribution is 0.620. The van der Waals surface area contributed by atoms with Crippen LogP contribution in [0.1, 0.15) is 26.0 Å². The number of anilines is 1. The van der Waals surface area contributed by atoms with Crippen LogP contribution in [0.3, 0.4) is 0 Å². The van der Waals surface area contributed by atoms with Crippen molar-refractivity contribution < 1.29 is 0 Å². The molecular formula is C10H15N3. The Balaban J connectivity index is 2.61. The third-order valence-electron chi connectivity index (χ3n) is 1.85. The molecule has 0 aliphatic rings. The number of hydrogen-bond acceptors (Lipinski definition) is 2. The van der Waals surface area contributed by atoms with Gasteiger partial charge in [0, 0.05) is 12.6 Å². The largest absolute Gasteiger partial charge is 0.396 e. The van der Waals surface area contributed by atoms with Crippen LogP contribution in [-0.4, -0.2) is 9.78 Å². The maximum atomic E-state index is 5.74. The Hall–Kier alpha value is -1.43. The summed E-state index contributed by atoms with van der Waals surface area (Å²) in [7, 11) is 0. The van der Waals surface area contributed by atoms with E-state index in [4.69, 9.17) is 5.73 Å². The van der Waals surface area contributed by atoms with Crippen molar-refractivity contribution in [3.05, 3.63) is 11.9 Å². The van der Waals surface area contributed by atoms with Crippen molar-refractivity contribution in [2.75, 3.05) is 5.73 Å². The number of aryl methyl sites for hydroxylation is 2. The van der Waals surface area contributed by atoms with Gasteiger partial charge in [-0.05, 0) is 13.3 Å². The van der Waals surface area contributed by atoms with E-state index in [1.54, 1.807) is 0 Å². The molecule has 0 amide bonds. The molecule has 13 heavy (non-hydrogen) atoms. The van der Waals surface area contributed by atoms with Gasteiger partial charge in [0.25, 0.3) is 0 Å². The van der Waals surface area contributed by atoms with Crippen LogP contribution in [0.25, 0.3) is 0 Å². The minimum absolute atomic E-state index is 0.784. The zero-order valence-corrected chi connectivity index (χ0v) is 8.17. The molecule has 2 N–H and O–H groups in total. The number of nitrogens with two attached hydrogens (primary N) is 1. The molecule has 1 heterocycles. The fourth-order valence-electron chi connectivity index (χ4n) is 1.16. The molecule has 0 bridgehead atoms. The standard InChI is InChI=1S/C10H15N3/c1-3-5-6-7-13-8-9(11)10(4-2)12-13/h8H,4,6-7,11H2,1-2H3. The molecule has 3 heteroatoms. The summed E-state index contributed by atoms with van der Waals surface area (Å²) in [5, 5.41) is 4.32. The second-order valence-electron chi connectivity index (χ2n) is 2.82. The molecule has 0 atom stereocenters. The molecular weight excluding hydrogens is 162 g/mol. The number of nitrogens with zero attached hydrogens (tertiary/aromatic N) is 2. The van der Waals surface area contributed by atoms with Crippen molar-refractivity contribution in [2.24, 2.45) is 0 Å². The molecule has 0 saturated heterocycles. The number of nitrogen functional groups attached to an aromatic ring is 1. The van der Waals surface area contributed by atoms with Crippen molar-refractivity contribution in [1.29, 1.82) is 0 Å². The molecule has 0 radical (unpaired) electrons. The van der Waals surface area contributed by atoms with E-state index in [1.807, 2.05) is 17.8 Å². The normalized spacial score (nSPS) is 9.38. The first-order chi connectivity index (χ1) is 6.27. The topological polar surface area (TPSA) is 43.8 Å². The van der Waals surface area contributed by atoms with E-state index >= 15 is 0 Å². The molecule has 3 nitrogen and oxygen atoms in total. The van der Waals surface area contributed by atoms with Crippen molar-refractivity contribution in [2.45, 2.75) is 33.2 Å². The first-order valence-corrected chi connectivity index (χ1v) is 4.49. The van der Waals surface area contributed by atoms with Crippen molar-refractivity contribution in [1.82, 2.24) is 9.78 Å². The predicted octanol–water partition coefficient (Wildman–Crippen LogP) is 1.44. The Kier molecular flexibility index (Phi) is 3.39. The van der Waals surface area contributed by atoms with Gasteiger partial charge in [-0.25, -0.2) is 0 Å².